The number of aromatic amines is 1. The maximum absolute atomic E-state index is 13.9. The highest BCUT2D eigenvalue weighted by molar-refractivity contribution is 5.92. The number of aromatic nitrogens is 4. The van der Waals surface area contributed by atoms with Crippen LogP contribution in [0.25, 0.3) is 22.1 Å². The summed E-state index contributed by atoms with van der Waals surface area (Å²) in [7, 11) is 0. The number of rotatable bonds is 4. The summed E-state index contributed by atoms with van der Waals surface area (Å²) in [6, 6.07) is 13.8. The molecule has 2 saturated carbocycles. The van der Waals surface area contributed by atoms with E-state index in [1.54, 1.807) is 30.6 Å². The minimum absolute atomic E-state index is 0.0316. The molecule has 47 heavy (non-hydrogen) atoms. The standard InChI is InChI=1S/C35H33N9O3/c36-19-22-15-34(16-22)5-11-43(12-6-34)31-25(21-38)33(46)44(27-4-2-10-40-29(27)31)47-23-17-35(18-23)7-13-42(14-8-35)30-24(20-37)32(45)41-26-3-1-9-39-28(26)30/h1-4,9-10,22-23H,5-8,11-18H2,(H,41,45). The number of anilines is 2. The van der Waals surface area contributed by atoms with Gasteiger partial charge in [-0.25, -0.2) is 0 Å². The molecule has 2 saturated heterocycles. The molecule has 12 nitrogen and oxygen atoms in total. The molecule has 0 bridgehead atoms. The Kier molecular flexibility index (Phi) is 6.70. The number of nitriles is 3. The highest BCUT2D eigenvalue weighted by Gasteiger charge is 2.49. The minimum atomic E-state index is -0.468. The van der Waals surface area contributed by atoms with Crippen molar-refractivity contribution in [1.82, 2.24) is 19.7 Å². The lowest BCUT2D eigenvalue weighted by Crippen LogP contribution is -2.53. The Hall–Kier alpha value is -5.41. The molecule has 1 N–H and O–H groups in total. The van der Waals surface area contributed by atoms with Crippen LogP contribution in [-0.2, 0) is 0 Å². The van der Waals surface area contributed by atoms with E-state index in [-0.39, 0.29) is 34.0 Å². The fraction of sp³-hybridized carbons (Fsp3) is 0.457. The van der Waals surface area contributed by atoms with Gasteiger partial charge in [-0.1, -0.05) is 0 Å². The van der Waals surface area contributed by atoms with E-state index in [1.807, 2.05) is 6.07 Å². The lowest BCUT2D eigenvalue weighted by atomic mass is 9.58. The van der Waals surface area contributed by atoms with Crippen LogP contribution in [0.2, 0.25) is 0 Å². The van der Waals surface area contributed by atoms with E-state index >= 15 is 0 Å². The number of nitrogens with zero attached hydrogens (tertiary/aromatic N) is 8. The van der Waals surface area contributed by atoms with Gasteiger partial charge in [0.1, 0.15) is 45.9 Å². The molecule has 0 aromatic carbocycles. The molecule has 12 heteroatoms. The Morgan fingerprint density at radius 2 is 1.36 bits per heavy atom. The number of hydrogen-bond acceptors (Lipinski definition) is 10. The summed E-state index contributed by atoms with van der Waals surface area (Å²) in [6.07, 6.45) is 10.1. The van der Waals surface area contributed by atoms with Gasteiger partial charge in [0, 0.05) is 44.5 Å². The predicted octanol–water partition coefficient (Wildman–Crippen LogP) is 3.77. The second-order valence-electron chi connectivity index (χ2n) is 13.8. The van der Waals surface area contributed by atoms with Gasteiger partial charge in [-0.3, -0.25) is 19.6 Å². The Morgan fingerprint density at radius 3 is 1.98 bits per heavy atom. The van der Waals surface area contributed by atoms with Crippen molar-refractivity contribution in [3.63, 3.8) is 0 Å². The van der Waals surface area contributed by atoms with Gasteiger partial charge in [0.05, 0.1) is 23.0 Å². The third-order valence-corrected chi connectivity index (χ3v) is 11.2. The fourth-order valence-corrected chi connectivity index (χ4v) is 8.64. The van der Waals surface area contributed by atoms with Gasteiger partial charge in [0.25, 0.3) is 5.56 Å². The quantitative estimate of drug-likeness (QED) is 0.352. The summed E-state index contributed by atoms with van der Waals surface area (Å²) in [4.78, 5) is 49.0. The van der Waals surface area contributed by atoms with Crippen molar-refractivity contribution in [2.45, 2.75) is 57.5 Å². The number of piperidine rings is 2. The summed E-state index contributed by atoms with van der Waals surface area (Å²) in [6.45, 7) is 2.77. The van der Waals surface area contributed by atoms with Crippen LogP contribution in [0.4, 0.5) is 11.4 Å². The van der Waals surface area contributed by atoms with Gasteiger partial charge >= 0.3 is 5.56 Å². The third-order valence-electron chi connectivity index (χ3n) is 11.2. The molecule has 8 rings (SSSR count). The average molecular weight is 628 g/mol. The van der Waals surface area contributed by atoms with E-state index in [0.717, 1.165) is 51.4 Å². The van der Waals surface area contributed by atoms with Crippen LogP contribution in [0.1, 0.15) is 62.5 Å². The van der Waals surface area contributed by atoms with Gasteiger partial charge in [0.15, 0.2) is 0 Å². The first-order valence-electron chi connectivity index (χ1n) is 16.3. The zero-order valence-corrected chi connectivity index (χ0v) is 25.9. The summed E-state index contributed by atoms with van der Waals surface area (Å²) in [5, 5.41) is 29.3. The van der Waals surface area contributed by atoms with Crippen molar-refractivity contribution in [2.75, 3.05) is 36.0 Å². The molecule has 0 unspecified atom stereocenters. The fourth-order valence-electron chi connectivity index (χ4n) is 8.64. The molecule has 4 aliphatic rings. The van der Waals surface area contributed by atoms with Crippen LogP contribution in [0, 0.1) is 50.7 Å². The molecule has 0 atom stereocenters. The van der Waals surface area contributed by atoms with E-state index < -0.39 is 11.1 Å². The summed E-state index contributed by atoms with van der Waals surface area (Å²) in [5.41, 5.74) is 3.00. The molecule has 2 aliphatic carbocycles. The Balaban J connectivity index is 1.000. The molecule has 236 valence electrons. The summed E-state index contributed by atoms with van der Waals surface area (Å²) < 4.78 is 1.28. The lowest BCUT2D eigenvalue weighted by molar-refractivity contribution is -0.0942. The predicted molar refractivity (Wildman–Crippen MR) is 173 cm³/mol. The molecule has 0 amide bonds. The molecule has 4 aromatic heterocycles. The normalized spacial score (nSPS) is 20.4. The van der Waals surface area contributed by atoms with Crippen molar-refractivity contribution >= 4 is 33.4 Å². The summed E-state index contributed by atoms with van der Waals surface area (Å²) >= 11 is 0. The summed E-state index contributed by atoms with van der Waals surface area (Å²) in [5.74, 6) is 0.140. The van der Waals surface area contributed by atoms with Gasteiger partial charge in [0.2, 0.25) is 0 Å². The highest BCUT2D eigenvalue weighted by Crippen LogP contribution is 2.53. The van der Waals surface area contributed by atoms with Gasteiger partial charge < -0.3 is 19.6 Å². The SMILES string of the molecule is N#Cc1c(N2CCC3(CC2)CC(On2c(=O)c(C#N)c(N4CCC5(CC4)CC(C#N)C5)c4ncccc42)C3)c2ncccc2[nH]c1=O. The largest absolute Gasteiger partial charge is 0.407 e. The zero-order valence-electron chi connectivity index (χ0n) is 25.9. The smallest absolute Gasteiger partial charge is 0.303 e. The van der Waals surface area contributed by atoms with Crippen LogP contribution in [0.5, 0.6) is 0 Å². The van der Waals surface area contributed by atoms with Crippen LogP contribution in [0.15, 0.2) is 46.2 Å². The van der Waals surface area contributed by atoms with Crippen molar-refractivity contribution in [3.05, 3.63) is 68.5 Å². The monoisotopic (exact) mass is 627 g/mol. The number of hydrogen-bond donors (Lipinski definition) is 1. The second-order valence-corrected chi connectivity index (χ2v) is 13.8. The Morgan fingerprint density at radius 1 is 0.787 bits per heavy atom. The second kappa shape index (κ2) is 10.8. The van der Waals surface area contributed by atoms with Gasteiger partial charge in [-0.2, -0.15) is 15.8 Å². The molecular weight excluding hydrogens is 594 g/mol. The first-order chi connectivity index (χ1) is 22.9. The molecule has 4 aromatic rings. The topological polar surface area (TPSA) is 168 Å². The van der Waals surface area contributed by atoms with Crippen molar-refractivity contribution in [3.8, 4) is 18.2 Å². The number of pyridine rings is 4. The average Bonchev–Trinajstić information content (AvgIpc) is 3.07. The Labute approximate surface area is 270 Å². The highest BCUT2D eigenvalue weighted by atomic mass is 16.7. The maximum Gasteiger partial charge on any atom is 0.303 e. The Bertz CT molecular complexity index is 2150. The first-order valence-corrected chi connectivity index (χ1v) is 16.3. The zero-order chi connectivity index (χ0) is 32.3. The number of fused-ring (bicyclic) bond motifs is 2. The minimum Gasteiger partial charge on any atom is -0.407 e. The van der Waals surface area contributed by atoms with Crippen LogP contribution in [-0.4, -0.2) is 52.0 Å². The molecule has 4 fully saturated rings. The molecule has 0 radical (unpaired) electrons. The lowest BCUT2D eigenvalue weighted by Gasteiger charge is -2.52. The molecular formula is C35H33N9O3. The van der Waals surface area contributed by atoms with Crippen molar-refractivity contribution < 1.29 is 4.84 Å². The number of nitrogens with one attached hydrogen (secondary N) is 1. The third kappa shape index (κ3) is 4.60. The van der Waals surface area contributed by atoms with Gasteiger partial charge in [-0.15, -0.1) is 4.73 Å². The molecule has 2 spiro atoms. The van der Waals surface area contributed by atoms with E-state index in [4.69, 9.17) is 4.84 Å². The van der Waals surface area contributed by atoms with Crippen LogP contribution >= 0.6 is 0 Å². The number of H-pyrrole nitrogens is 1. The molecule has 2 aliphatic heterocycles. The van der Waals surface area contributed by atoms with Crippen LogP contribution in [0.3, 0.4) is 0 Å². The van der Waals surface area contributed by atoms with Gasteiger partial charge in [-0.05, 0) is 86.5 Å². The first kappa shape index (κ1) is 29.0. The van der Waals surface area contributed by atoms with E-state index in [2.05, 4.69) is 43.0 Å². The van der Waals surface area contributed by atoms with E-state index in [0.29, 0.717) is 59.6 Å². The van der Waals surface area contributed by atoms with Crippen molar-refractivity contribution in [1.29, 1.82) is 15.8 Å². The van der Waals surface area contributed by atoms with E-state index in [9.17, 15) is 25.4 Å². The maximum atomic E-state index is 13.9. The molecule has 6 heterocycles. The van der Waals surface area contributed by atoms with Crippen molar-refractivity contribution in [2.24, 2.45) is 16.7 Å². The van der Waals surface area contributed by atoms with E-state index in [1.165, 1.54) is 4.73 Å². The van der Waals surface area contributed by atoms with Crippen LogP contribution < -0.4 is 25.8 Å².